The number of aryl methyl sites for hydroxylation is 2. The van der Waals surface area contributed by atoms with Gasteiger partial charge in [0.25, 0.3) is 5.91 Å². The number of amides is 1. The van der Waals surface area contributed by atoms with Crippen molar-refractivity contribution in [2.24, 2.45) is 0 Å². The number of hydrogen-bond donors (Lipinski definition) is 1. The highest BCUT2D eigenvalue weighted by molar-refractivity contribution is 7.90. The fourth-order valence-corrected chi connectivity index (χ4v) is 4.95. The second kappa shape index (κ2) is 7.90. The minimum atomic E-state index is -3.38. The first-order valence-corrected chi connectivity index (χ1v) is 12.2. The van der Waals surface area contributed by atoms with E-state index in [9.17, 15) is 17.6 Å². The van der Waals surface area contributed by atoms with Gasteiger partial charge in [-0.05, 0) is 55.3 Å². The zero-order valence-corrected chi connectivity index (χ0v) is 18.8. The van der Waals surface area contributed by atoms with E-state index in [-0.39, 0.29) is 16.6 Å². The lowest BCUT2D eigenvalue weighted by atomic mass is 10.2. The highest BCUT2D eigenvalue weighted by Gasteiger charge is 2.18. The summed E-state index contributed by atoms with van der Waals surface area (Å²) in [6.07, 6.45) is 1.13. The molecule has 2 aromatic carbocycles. The van der Waals surface area contributed by atoms with Gasteiger partial charge in [0, 0.05) is 17.3 Å². The molecule has 31 heavy (non-hydrogen) atoms. The van der Waals surface area contributed by atoms with Crippen molar-refractivity contribution >= 4 is 43.0 Å². The molecular formula is C22H20FN3O3S2. The molecular weight excluding hydrogens is 437 g/mol. The summed E-state index contributed by atoms with van der Waals surface area (Å²) in [7, 11) is -3.38. The zero-order chi connectivity index (χ0) is 22.3. The van der Waals surface area contributed by atoms with Crippen LogP contribution in [0.5, 0.6) is 0 Å². The molecule has 1 N–H and O–H groups in total. The van der Waals surface area contributed by atoms with Crippen LogP contribution in [0, 0.1) is 19.7 Å². The van der Waals surface area contributed by atoms with Gasteiger partial charge in [-0.15, -0.1) is 11.3 Å². The molecule has 0 saturated heterocycles. The fourth-order valence-electron chi connectivity index (χ4n) is 3.24. The van der Waals surface area contributed by atoms with Crippen LogP contribution in [0.3, 0.4) is 0 Å². The van der Waals surface area contributed by atoms with Crippen LogP contribution in [0.2, 0.25) is 0 Å². The van der Waals surface area contributed by atoms with Gasteiger partial charge >= 0.3 is 0 Å². The van der Waals surface area contributed by atoms with Gasteiger partial charge in [0.2, 0.25) is 0 Å². The predicted molar refractivity (Wildman–Crippen MR) is 120 cm³/mol. The molecule has 0 radical (unpaired) electrons. The number of nitrogens with one attached hydrogen (secondary N) is 1. The van der Waals surface area contributed by atoms with Gasteiger partial charge in [0.15, 0.2) is 9.84 Å². The van der Waals surface area contributed by atoms with Crippen LogP contribution in [0.4, 0.5) is 10.1 Å². The monoisotopic (exact) mass is 457 g/mol. The second-order valence-corrected chi connectivity index (χ2v) is 10.4. The maximum absolute atomic E-state index is 13.2. The Morgan fingerprint density at radius 3 is 2.52 bits per heavy atom. The molecule has 160 valence electrons. The van der Waals surface area contributed by atoms with E-state index in [1.54, 1.807) is 35.9 Å². The lowest BCUT2D eigenvalue weighted by Crippen LogP contribution is -2.12. The highest BCUT2D eigenvalue weighted by Crippen LogP contribution is 2.30. The molecule has 0 saturated carbocycles. The Hall–Kier alpha value is -3.04. The summed E-state index contributed by atoms with van der Waals surface area (Å²) in [5.41, 5.74) is 2.91. The molecule has 4 rings (SSSR count). The third kappa shape index (κ3) is 4.38. The third-order valence-electron chi connectivity index (χ3n) is 4.96. The second-order valence-electron chi connectivity index (χ2n) is 7.40. The number of halogens is 1. The summed E-state index contributed by atoms with van der Waals surface area (Å²) in [5, 5.41) is 8.23. The van der Waals surface area contributed by atoms with Crippen molar-refractivity contribution in [2.45, 2.75) is 25.3 Å². The molecule has 2 heterocycles. The number of anilines is 1. The van der Waals surface area contributed by atoms with Crippen molar-refractivity contribution in [1.82, 2.24) is 9.78 Å². The van der Waals surface area contributed by atoms with E-state index < -0.39 is 9.84 Å². The summed E-state index contributed by atoms with van der Waals surface area (Å²) in [6.45, 7) is 4.14. The molecule has 9 heteroatoms. The zero-order valence-electron chi connectivity index (χ0n) is 17.1. The van der Waals surface area contributed by atoms with Crippen LogP contribution in [-0.4, -0.2) is 30.4 Å². The van der Waals surface area contributed by atoms with Crippen molar-refractivity contribution in [3.63, 3.8) is 0 Å². The molecule has 0 unspecified atom stereocenters. The van der Waals surface area contributed by atoms with E-state index in [0.29, 0.717) is 17.1 Å². The molecule has 0 aliphatic rings. The SMILES string of the molecule is Cc1ccc(S(C)(=O)=O)cc1NC(=O)c1cc2c(C)nn(Cc3ccc(F)cc3)c2s1. The van der Waals surface area contributed by atoms with Gasteiger partial charge < -0.3 is 5.32 Å². The number of sulfone groups is 1. The molecule has 2 aromatic heterocycles. The van der Waals surface area contributed by atoms with Gasteiger partial charge in [0.05, 0.1) is 22.0 Å². The van der Waals surface area contributed by atoms with Gasteiger partial charge in [-0.1, -0.05) is 18.2 Å². The Morgan fingerprint density at radius 1 is 1.13 bits per heavy atom. The molecule has 0 bridgehead atoms. The van der Waals surface area contributed by atoms with Gasteiger partial charge in [-0.3, -0.25) is 9.48 Å². The first kappa shape index (κ1) is 21.2. The summed E-state index contributed by atoms with van der Waals surface area (Å²) in [5.74, 6) is -0.612. The van der Waals surface area contributed by atoms with Crippen LogP contribution in [0.1, 0.15) is 26.5 Å². The number of rotatable bonds is 5. The van der Waals surface area contributed by atoms with Gasteiger partial charge in [-0.25, -0.2) is 12.8 Å². The quantitative estimate of drug-likeness (QED) is 0.476. The molecule has 0 atom stereocenters. The Balaban J connectivity index is 1.63. The Bertz CT molecular complexity index is 1400. The number of nitrogens with zero attached hydrogens (tertiary/aromatic N) is 2. The first-order valence-electron chi connectivity index (χ1n) is 9.45. The Labute approximate surface area is 183 Å². The minimum absolute atomic E-state index is 0.149. The average molecular weight is 458 g/mol. The van der Waals surface area contributed by atoms with Gasteiger partial charge in [0.1, 0.15) is 10.6 Å². The summed E-state index contributed by atoms with van der Waals surface area (Å²) >= 11 is 1.31. The van der Waals surface area contributed by atoms with Crippen molar-refractivity contribution in [1.29, 1.82) is 0 Å². The Kier molecular flexibility index (Phi) is 5.40. The molecule has 4 aromatic rings. The van der Waals surface area contributed by atoms with Crippen LogP contribution in [0.15, 0.2) is 53.4 Å². The minimum Gasteiger partial charge on any atom is -0.321 e. The van der Waals surface area contributed by atoms with Crippen molar-refractivity contribution in [2.75, 3.05) is 11.6 Å². The lowest BCUT2D eigenvalue weighted by Gasteiger charge is -2.09. The van der Waals surface area contributed by atoms with E-state index in [0.717, 1.165) is 33.3 Å². The highest BCUT2D eigenvalue weighted by atomic mass is 32.2. The van der Waals surface area contributed by atoms with Crippen LogP contribution in [-0.2, 0) is 16.4 Å². The number of thiophene rings is 1. The fraction of sp³-hybridized carbons (Fsp3) is 0.182. The predicted octanol–water partition coefficient (Wildman–Crippen LogP) is 4.56. The van der Waals surface area contributed by atoms with E-state index in [2.05, 4.69) is 10.4 Å². The number of fused-ring (bicyclic) bond motifs is 1. The number of aromatic nitrogens is 2. The van der Waals surface area contributed by atoms with Crippen molar-refractivity contribution < 1.29 is 17.6 Å². The van der Waals surface area contributed by atoms with Gasteiger partial charge in [-0.2, -0.15) is 5.10 Å². The van der Waals surface area contributed by atoms with Crippen LogP contribution < -0.4 is 5.32 Å². The summed E-state index contributed by atoms with van der Waals surface area (Å²) < 4.78 is 38.6. The maximum atomic E-state index is 13.2. The topological polar surface area (TPSA) is 81.1 Å². The number of hydrogen-bond acceptors (Lipinski definition) is 5. The molecule has 0 fully saturated rings. The normalized spacial score (nSPS) is 11.7. The lowest BCUT2D eigenvalue weighted by molar-refractivity contribution is 0.103. The van der Waals surface area contributed by atoms with E-state index in [4.69, 9.17) is 0 Å². The summed E-state index contributed by atoms with van der Waals surface area (Å²) in [6, 6.07) is 12.7. The smallest absolute Gasteiger partial charge is 0.265 e. The van der Waals surface area contributed by atoms with E-state index in [1.807, 2.05) is 6.92 Å². The van der Waals surface area contributed by atoms with E-state index >= 15 is 0 Å². The molecule has 6 nitrogen and oxygen atoms in total. The number of benzene rings is 2. The van der Waals surface area contributed by atoms with E-state index in [1.165, 1.54) is 35.6 Å². The third-order valence-corrected chi connectivity index (χ3v) is 7.22. The standard InChI is InChI=1S/C22H20FN3O3S2/c1-13-4-9-17(31(3,28)29)10-19(13)24-21(27)20-11-18-14(2)25-26(22(18)30-20)12-15-5-7-16(23)8-6-15/h4-11H,12H2,1-3H3,(H,24,27). The van der Waals surface area contributed by atoms with Crippen molar-refractivity contribution in [3.8, 4) is 0 Å². The molecule has 1 amide bonds. The molecule has 0 aliphatic heterocycles. The number of carbonyl (C=O) groups excluding carboxylic acids is 1. The maximum Gasteiger partial charge on any atom is 0.265 e. The van der Waals surface area contributed by atoms with Crippen LogP contribution in [0.25, 0.3) is 10.2 Å². The average Bonchev–Trinajstić information content (AvgIpc) is 3.26. The van der Waals surface area contributed by atoms with Crippen LogP contribution >= 0.6 is 11.3 Å². The first-order chi connectivity index (χ1) is 14.6. The largest absolute Gasteiger partial charge is 0.321 e. The Morgan fingerprint density at radius 2 is 1.84 bits per heavy atom. The molecule has 0 aliphatic carbocycles. The molecule has 0 spiro atoms. The summed E-state index contributed by atoms with van der Waals surface area (Å²) in [4.78, 5) is 14.4. The van der Waals surface area contributed by atoms with Crippen molar-refractivity contribution in [3.05, 3.63) is 76.0 Å². The number of carbonyl (C=O) groups is 1.